The van der Waals surface area contributed by atoms with Gasteiger partial charge in [-0.2, -0.15) is 0 Å². The standard InChI is InChI=1S/C23H32N2O4S2/c1-4-7-19-11-13-21(14-12-19)29-17-15-24-23(26)10-6-16-25(31(3,27)28)20-8-5-9-22(18-20)30-2/h5,8-9,11-14,18H,4,6-7,10,15-17H2,1-3H3,(H,24,26). The van der Waals surface area contributed by atoms with Crippen molar-refractivity contribution in [2.45, 2.75) is 37.5 Å². The van der Waals surface area contributed by atoms with Gasteiger partial charge >= 0.3 is 0 Å². The third kappa shape index (κ3) is 8.83. The minimum Gasteiger partial charge on any atom is -0.492 e. The number of carbonyl (C=O) groups excluding carboxylic acids is 1. The van der Waals surface area contributed by atoms with Gasteiger partial charge in [-0.15, -0.1) is 11.8 Å². The van der Waals surface area contributed by atoms with E-state index in [0.717, 1.165) is 23.5 Å². The molecule has 2 rings (SSSR count). The zero-order chi connectivity index (χ0) is 22.7. The molecule has 1 N–H and O–H groups in total. The number of nitrogens with one attached hydrogen (secondary N) is 1. The number of hydrogen-bond acceptors (Lipinski definition) is 5. The smallest absolute Gasteiger partial charge is 0.232 e. The Morgan fingerprint density at radius 2 is 1.90 bits per heavy atom. The van der Waals surface area contributed by atoms with E-state index in [1.807, 2.05) is 36.6 Å². The fourth-order valence-corrected chi connectivity index (χ4v) is 4.53. The van der Waals surface area contributed by atoms with Crippen LogP contribution in [-0.4, -0.2) is 46.5 Å². The van der Waals surface area contributed by atoms with Gasteiger partial charge in [0.05, 0.1) is 18.5 Å². The molecule has 0 saturated heterocycles. The lowest BCUT2D eigenvalue weighted by Crippen LogP contribution is -2.32. The second kappa shape index (κ2) is 12.6. The SMILES string of the molecule is CCCc1ccc(OCCNC(=O)CCCN(c2cccc(SC)c2)S(C)(=O)=O)cc1. The lowest BCUT2D eigenvalue weighted by atomic mass is 10.1. The van der Waals surface area contributed by atoms with Crippen LogP contribution in [0.5, 0.6) is 5.75 Å². The van der Waals surface area contributed by atoms with Crippen molar-refractivity contribution in [3.8, 4) is 5.75 Å². The summed E-state index contributed by atoms with van der Waals surface area (Å²) in [5, 5.41) is 2.82. The van der Waals surface area contributed by atoms with Gasteiger partial charge < -0.3 is 10.1 Å². The van der Waals surface area contributed by atoms with Gasteiger partial charge in [0.1, 0.15) is 12.4 Å². The molecule has 0 aliphatic rings. The van der Waals surface area contributed by atoms with Crippen LogP contribution in [-0.2, 0) is 21.2 Å². The maximum absolute atomic E-state index is 12.2. The number of nitrogens with zero attached hydrogens (tertiary/aromatic N) is 1. The van der Waals surface area contributed by atoms with Crippen LogP contribution in [0, 0.1) is 0 Å². The molecule has 0 bridgehead atoms. The molecule has 0 unspecified atom stereocenters. The summed E-state index contributed by atoms with van der Waals surface area (Å²) in [5.41, 5.74) is 1.90. The van der Waals surface area contributed by atoms with Gasteiger partial charge in [-0.1, -0.05) is 31.5 Å². The van der Waals surface area contributed by atoms with Gasteiger partial charge in [-0.25, -0.2) is 8.42 Å². The number of ether oxygens (including phenoxy) is 1. The van der Waals surface area contributed by atoms with Crippen LogP contribution in [0.25, 0.3) is 0 Å². The maximum atomic E-state index is 12.2. The van der Waals surface area contributed by atoms with E-state index in [-0.39, 0.29) is 18.9 Å². The molecule has 8 heteroatoms. The first-order chi connectivity index (χ1) is 14.8. The molecule has 1 amide bonds. The van der Waals surface area contributed by atoms with Crippen LogP contribution in [0.15, 0.2) is 53.4 Å². The van der Waals surface area contributed by atoms with Crippen molar-refractivity contribution in [2.24, 2.45) is 0 Å². The first-order valence-corrected chi connectivity index (χ1v) is 13.5. The Kier molecular flexibility index (Phi) is 10.2. The van der Waals surface area contributed by atoms with E-state index < -0.39 is 10.0 Å². The normalized spacial score (nSPS) is 11.2. The molecule has 0 aromatic heterocycles. The summed E-state index contributed by atoms with van der Waals surface area (Å²) in [4.78, 5) is 13.1. The molecule has 0 spiro atoms. The topological polar surface area (TPSA) is 75.7 Å². The van der Waals surface area contributed by atoms with Gasteiger partial charge in [0.15, 0.2) is 0 Å². The van der Waals surface area contributed by atoms with Crippen molar-refractivity contribution < 1.29 is 17.9 Å². The van der Waals surface area contributed by atoms with Crippen molar-refractivity contribution >= 4 is 33.4 Å². The third-order valence-electron chi connectivity index (χ3n) is 4.66. The third-order valence-corrected chi connectivity index (χ3v) is 6.58. The second-order valence-electron chi connectivity index (χ2n) is 7.23. The zero-order valence-electron chi connectivity index (χ0n) is 18.5. The monoisotopic (exact) mass is 464 g/mol. The molecule has 31 heavy (non-hydrogen) atoms. The lowest BCUT2D eigenvalue weighted by Gasteiger charge is -2.22. The molecule has 0 atom stereocenters. The van der Waals surface area contributed by atoms with Crippen LogP contribution in [0.1, 0.15) is 31.7 Å². The van der Waals surface area contributed by atoms with Gasteiger partial charge in [0, 0.05) is 17.9 Å². The summed E-state index contributed by atoms with van der Waals surface area (Å²) in [6.07, 6.45) is 5.97. The highest BCUT2D eigenvalue weighted by Gasteiger charge is 2.18. The highest BCUT2D eigenvalue weighted by atomic mass is 32.2. The number of hydrogen-bond donors (Lipinski definition) is 1. The fourth-order valence-electron chi connectivity index (χ4n) is 3.12. The molecule has 0 heterocycles. The van der Waals surface area contributed by atoms with E-state index in [0.29, 0.717) is 25.3 Å². The molecule has 0 saturated carbocycles. The number of amides is 1. The van der Waals surface area contributed by atoms with E-state index in [4.69, 9.17) is 4.74 Å². The Hall–Kier alpha value is -2.19. The molecule has 0 fully saturated rings. The highest BCUT2D eigenvalue weighted by Crippen LogP contribution is 2.24. The van der Waals surface area contributed by atoms with E-state index >= 15 is 0 Å². The minimum atomic E-state index is -3.43. The van der Waals surface area contributed by atoms with Gasteiger partial charge in [-0.05, 0) is 55.0 Å². The summed E-state index contributed by atoms with van der Waals surface area (Å²) in [5.74, 6) is 0.665. The maximum Gasteiger partial charge on any atom is 0.232 e. The number of rotatable bonds is 13. The molecule has 0 aliphatic carbocycles. The summed E-state index contributed by atoms with van der Waals surface area (Å²) < 4.78 is 31.4. The van der Waals surface area contributed by atoms with Crippen LogP contribution in [0.2, 0.25) is 0 Å². The molecule has 170 valence electrons. The molecular formula is C23H32N2O4S2. The van der Waals surface area contributed by atoms with Crippen molar-refractivity contribution in [1.82, 2.24) is 5.32 Å². The van der Waals surface area contributed by atoms with Crippen LogP contribution in [0.4, 0.5) is 5.69 Å². The fraction of sp³-hybridized carbons (Fsp3) is 0.435. The summed E-state index contributed by atoms with van der Waals surface area (Å²) in [6.45, 7) is 3.19. The van der Waals surface area contributed by atoms with Crippen molar-refractivity contribution in [1.29, 1.82) is 0 Å². The molecule has 0 radical (unpaired) electrons. The first-order valence-electron chi connectivity index (χ1n) is 10.4. The average Bonchev–Trinajstić information content (AvgIpc) is 2.75. The summed E-state index contributed by atoms with van der Waals surface area (Å²) in [7, 11) is -3.43. The minimum absolute atomic E-state index is 0.117. The first kappa shape index (κ1) is 25.1. The largest absolute Gasteiger partial charge is 0.492 e. The van der Waals surface area contributed by atoms with Crippen LogP contribution < -0.4 is 14.4 Å². The Morgan fingerprint density at radius 3 is 2.55 bits per heavy atom. The van der Waals surface area contributed by atoms with Crippen LogP contribution >= 0.6 is 11.8 Å². The van der Waals surface area contributed by atoms with E-state index in [1.165, 1.54) is 16.1 Å². The quantitative estimate of drug-likeness (QED) is 0.357. The Labute approximate surface area is 190 Å². The number of benzene rings is 2. The number of carbonyl (C=O) groups is 1. The number of thioether (sulfide) groups is 1. The predicted octanol–water partition coefficient (Wildman–Crippen LogP) is 4.10. The van der Waals surface area contributed by atoms with Crippen molar-refractivity contribution in [3.63, 3.8) is 0 Å². The molecular weight excluding hydrogens is 432 g/mol. The second-order valence-corrected chi connectivity index (χ2v) is 10.0. The lowest BCUT2D eigenvalue weighted by molar-refractivity contribution is -0.121. The number of sulfonamides is 1. The van der Waals surface area contributed by atoms with Crippen molar-refractivity contribution in [2.75, 3.05) is 36.5 Å². The van der Waals surface area contributed by atoms with Gasteiger partial charge in [0.25, 0.3) is 0 Å². The molecule has 2 aromatic carbocycles. The predicted molar refractivity (Wildman–Crippen MR) is 129 cm³/mol. The zero-order valence-corrected chi connectivity index (χ0v) is 20.1. The number of aryl methyl sites for hydroxylation is 1. The summed E-state index contributed by atoms with van der Waals surface area (Å²) in [6, 6.07) is 15.4. The van der Waals surface area contributed by atoms with E-state index in [1.54, 1.807) is 17.8 Å². The summed E-state index contributed by atoms with van der Waals surface area (Å²) >= 11 is 1.55. The Morgan fingerprint density at radius 1 is 1.16 bits per heavy atom. The van der Waals surface area contributed by atoms with E-state index in [2.05, 4.69) is 24.4 Å². The Balaban J connectivity index is 1.74. The number of anilines is 1. The van der Waals surface area contributed by atoms with E-state index in [9.17, 15) is 13.2 Å². The van der Waals surface area contributed by atoms with Gasteiger partial charge in [0.2, 0.25) is 15.9 Å². The molecule has 2 aromatic rings. The average molecular weight is 465 g/mol. The van der Waals surface area contributed by atoms with Gasteiger partial charge in [-0.3, -0.25) is 9.10 Å². The Bertz CT molecular complexity index is 931. The van der Waals surface area contributed by atoms with Crippen LogP contribution in [0.3, 0.4) is 0 Å². The highest BCUT2D eigenvalue weighted by molar-refractivity contribution is 7.98. The molecule has 0 aliphatic heterocycles. The molecule has 6 nitrogen and oxygen atoms in total. The van der Waals surface area contributed by atoms with Crippen molar-refractivity contribution in [3.05, 3.63) is 54.1 Å².